The Kier molecular flexibility index (Phi) is 1.44. The molecule has 0 nitrogen and oxygen atoms in total. The number of hydrogen-bond acceptors (Lipinski definition) is 0. The van der Waals surface area contributed by atoms with Gasteiger partial charge in [0.15, 0.2) is 0 Å². The summed E-state index contributed by atoms with van der Waals surface area (Å²) >= 11 is 0. The second kappa shape index (κ2) is 1.72. The van der Waals surface area contributed by atoms with Crippen molar-refractivity contribution in [2.24, 2.45) is 0 Å². The van der Waals surface area contributed by atoms with Crippen LogP contribution >= 0.6 is 6.89 Å². The highest BCUT2D eigenvalue weighted by Crippen LogP contribution is 2.76. The minimum atomic E-state index is -0.872. The van der Waals surface area contributed by atoms with Gasteiger partial charge >= 0.3 is 0 Å². The van der Waals surface area contributed by atoms with Crippen LogP contribution in [0.3, 0.4) is 0 Å². The maximum Gasteiger partial charge on any atom is -0.0147 e. The molecule has 10 heavy (non-hydrogen) atoms. The average Bonchev–Trinajstić information content (AvgIpc) is 1.61. The van der Waals surface area contributed by atoms with Gasteiger partial charge in [0.25, 0.3) is 0 Å². The molecule has 0 unspecified atom stereocenters. The van der Waals surface area contributed by atoms with E-state index in [4.69, 9.17) is 0 Å². The van der Waals surface area contributed by atoms with Crippen molar-refractivity contribution in [1.82, 2.24) is 0 Å². The second-order valence-corrected chi connectivity index (χ2v) is 9.80. The third-order valence-corrected chi connectivity index (χ3v) is 9.20. The van der Waals surface area contributed by atoms with E-state index in [-0.39, 0.29) is 0 Å². The molecule has 1 fully saturated rings. The summed E-state index contributed by atoms with van der Waals surface area (Å²) in [4.78, 5) is 0. The molecule has 1 heteroatoms. The lowest BCUT2D eigenvalue weighted by molar-refractivity contribution is 0.449. The largest absolute Gasteiger partial charge is 0.104 e. The van der Waals surface area contributed by atoms with E-state index in [1.165, 1.54) is 6.42 Å². The van der Waals surface area contributed by atoms with Crippen molar-refractivity contribution < 1.29 is 0 Å². The fraction of sp³-hybridized carbons (Fsp3) is 0.889. The van der Waals surface area contributed by atoms with Gasteiger partial charge in [0.05, 0.1) is 0 Å². The minimum absolute atomic E-state index is 0.552. The molecule has 0 radical (unpaired) electrons. The van der Waals surface area contributed by atoms with Crippen molar-refractivity contribution in [2.45, 2.75) is 44.4 Å². The standard InChI is InChI=1S/C9H19P/c1-8(2)7-9(3,4)10(8,5)6/h5,7H2,1-4,6H3. The molecule has 0 bridgehead atoms. The molecule has 0 N–H and O–H groups in total. The molecule has 60 valence electrons. The van der Waals surface area contributed by atoms with Gasteiger partial charge in [-0.1, -0.05) is 34.0 Å². The Balaban J connectivity index is 2.97. The van der Waals surface area contributed by atoms with E-state index in [0.29, 0.717) is 10.3 Å². The summed E-state index contributed by atoms with van der Waals surface area (Å²) in [5.41, 5.74) is 0. The molecule has 1 aliphatic heterocycles. The Bertz CT molecular complexity index is 181. The molecule has 0 aromatic rings. The molecule has 0 spiro atoms. The van der Waals surface area contributed by atoms with Crippen molar-refractivity contribution in [3.8, 4) is 0 Å². The smallest absolute Gasteiger partial charge is 0.0147 e. The van der Waals surface area contributed by atoms with E-state index < -0.39 is 6.89 Å². The quantitative estimate of drug-likeness (QED) is 0.475. The molecular formula is C9H19P. The predicted octanol–water partition coefficient (Wildman–Crippen LogP) is 3.03. The molecule has 0 saturated carbocycles. The second-order valence-electron chi connectivity index (χ2n) is 4.99. The van der Waals surface area contributed by atoms with Gasteiger partial charge in [0, 0.05) is 0 Å². The van der Waals surface area contributed by atoms with Gasteiger partial charge in [-0.2, -0.15) is 0 Å². The van der Waals surface area contributed by atoms with E-state index in [0.717, 1.165) is 0 Å². The normalized spacial score (nSPS) is 32.9. The van der Waals surface area contributed by atoms with Crippen molar-refractivity contribution in [2.75, 3.05) is 6.66 Å². The lowest BCUT2D eigenvalue weighted by Gasteiger charge is -2.61. The monoisotopic (exact) mass is 158 g/mol. The molecule has 1 saturated heterocycles. The first kappa shape index (κ1) is 8.40. The van der Waals surface area contributed by atoms with E-state index in [1.54, 1.807) is 0 Å². The third kappa shape index (κ3) is 0.749. The Hall–Kier alpha value is 0.300. The van der Waals surface area contributed by atoms with Gasteiger partial charge in [-0.05, 0) is 23.4 Å². The van der Waals surface area contributed by atoms with Crippen LogP contribution in [0.1, 0.15) is 34.1 Å². The van der Waals surface area contributed by atoms with Crippen LogP contribution in [-0.2, 0) is 0 Å². The lowest BCUT2D eigenvalue weighted by Crippen LogP contribution is -2.48. The van der Waals surface area contributed by atoms with Crippen LogP contribution in [-0.4, -0.2) is 23.3 Å². The SMILES string of the molecule is C=P1(C)C(C)(C)CC1(C)C. The first-order valence-corrected chi connectivity index (χ1v) is 6.34. The van der Waals surface area contributed by atoms with Crippen LogP contribution in [0.2, 0.25) is 0 Å². The molecule has 1 heterocycles. The zero-order valence-electron chi connectivity index (χ0n) is 7.86. The van der Waals surface area contributed by atoms with E-state index in [1.807, 2.05) is 0 Å². The van der Waals surface area contributed by atoms with Crippen LogP contribution in [0.15, 0.2) is 0 Å². The lowest BCUT2D eigenvalue weighted by atomic mass is 9.96. The molecule has 0 amide bonds. The molecular weight excluding hydrogens is 139 g/mol. The summed E-state index contributed by atoms with van der Waals surface area (Å²) < 4.78 is 0. The van der Waals surface area contributed by atoms with Gasteiger partial charge in [0.2, 0.25) is 0 Å². The first-order valence-electron chi connectivity index (χ1n) is 3.92. The first-order chi connectivity index (χ1) is 4.21. The Labute approximate surface area is 65.0 Å². The number of rotatable bonds is 0. The zero-order valence-corrected chi connectivity index (χ0v) is 8.76. The minimum Gasteiger partial charge on any atom is -0.104 e. The Morgan fingerprint density at radius 1 is 1.10 bits per heavy atom. The molecule has 0 aromatic heterocycles. The van der Waals surface area contributed by atoms with E-state index in [2.05, 4.69) is 40.7 Å². The van der Waals surface area contributed by atoms with Gasteiger partial charge < -0.3 is 0 Å². The maximum atomic E-state index is 4.39. The maximum absolute atomic E-state index is 4.39. The van der Waals surface area contributed by atoms with Gasteiger partial charge in [-0.15, -0.1) is 6.89 Å². The molecule has 1 aliphatic rings. The fourth-order valence-electron chi connectivity index (χ4n) is 2.14. The average molecular weight is 158 g/mol. The zero-order chi connectivity index (χ0) is 8.21. The predicted molar refractivity (Wildman–Crippen MR) is 52.7 cm³/mol. The highest BCUT2D eigenvalue weighted by molar-refractivity contribution is 7.77. The van der Waals surface area contributed by atoms with E-state index >= 15 is 0 Å². The summed E-state index contributed by atoms with van der Waals surface area (Å²) in [7, 11) is 0. The molecule has 1 rings (SSSR count). The summed E-state index contributed by atoms with van der Waals surface area (Å²) in [5.74, 6) is 0. The van der Waals surface area contributed by atoms with Crippen LogP contribution in [0.4, 0.5) is 0 Å². The van der Waals surface area contributed by atoms with Crippen LogP contribution in [0.5, 0.6) is 0 Å². The summed E-state index contributed by atoms with van der Waals surface area (Å²) in [6.07, 6.45) is 5.75. The Morgan fingerprint density at radius 3 is 1.40 bits per heavy atom. The third-order valence-electron chi connectivity index (χ3n) is 3.54. The Morgan fingerprint density at radius 2 is 1.40 bits per heavy atom. The molecule has 0 atom stereocenters. The van der Waals surface area contributed by atoms with Crippen molar-refractivity contribution in [1.29, 1.82) is 0 Å². The summed E-state index contributed by atoms with van der Waals surface area (Å²) in [6, 6.07) is 0. The van der Waals surface area contributed by atoms with Crippen molar-refractivity contribution in [3.05, 3.63) is 0 Å². The van der Waals surface area contributed by atoms with Crippen LogP contribution < -0.4 is 0 Å². The highest BCUT2D eigenvalue weighted by atomic mass is 31.2. The van der Waals surface area contributed by atoms with E-state index in [9.17, 15) is 0 Å². The fourth-order valence-corrected chi connectivity index (χ4v) is 4.99. The summed E-state index contributed by atoms with van der Waals surface area (Å²) in [6.45, 7) is 11.0. The van der Waals surface area contributed by atoms with Crippen LogP contribution in [0, 0.1) is 0 Å². The highest BCUT2D eigenvalue weighted by Gasteiger charge is 2.53. The van der Waals surface area contributed by atoms with Crippen LogP contribution in [0.25, 0.3) is 0 Å². The van der Waals surface area contributed by atoms with Gasteiger partial charge in [0.1, 0.15) is 0 Å². The summed E-state index contributed by atoms with van der Waals surface area (Å²) in [5, 5.41) is 1.10. The topological polar surface area (TPSA) is 0 Å². The number of hydrogen-bond donors (Lipinski definition) is 0. The van der Waals surface area contributed by atoms with Gasteiger partial charge in [-0.3, -0.25) is 0 Å². The molecule has 0 aromatic carbocycles. The van der Waals surface area contributed by atoms with Crippen molar-refractivity contribution >= 4 is 13.2 Å². The molecule has 0 aliphatic carbocycles. The van der Waals surface area contributed by atoms with Gasteiger partial charge in [-0.25, -0.2) is 0 Å². The van der Waals surface area contributed by atoms with Crippen molar-refractivity contribution in [3.63, 3.8) is 0 Å².